The summed E-state index contributed by atoms with van der Waals surface area (Å²) in [5, 5.41) is 3.29. The van der Waals surface area contributed by atoms with Crippen LogP contribution in [-0.2, 0) is 25.7 Å². The van der Waals surface area contributed by atoms with Crippen LogP contribution < -0.4 is 0 Å². The van der Waals surface area contributed by atoms with Crippen LogP contribution in [0.4, 0.5) is 0 Å². The lowest BCUT2D eigenvalue weighted by atomic mass is 9.90. The van der Waals surface area contributed by atoms with Crippen molar-refractivity contribution in [1.82, 2.24) is 0 Å². The summed E-state index contributed by atoms with van der Waals surface area (Å²) >= 11 is 0. The Morgan fingerprint density at radius 1 is 0.444 bits per heavy atom. The molecule has 0 spiro atoms. The maximum atomic E-state index is 2.42. The molecule has 0 heteroatoms. The SMILES string of the molecule is c1cc2c3c(ccc4c3c1CCCC4)CCCC2. The molecule has 0 fully saturated rings. The molecular formula is C18H20. The fourth-order valence-electron chi connectivity index (χ4n) is 3.89. The first-order valence-corrected chi connectivity index (χ1v) is 7.49. The van der Waals surface area contributed by atoms with Gasteiger partial charge >= 0.3 is 0 Å². The summed E-state index contributed by atoms with van der Waals surface area (Å²) in [4.78, 5) is 0. The largest absolute Gasteiger partial charge is 0.0581 e. The Kier molecular flexibility index (Phi) is 2.43. The van der Waals surface area contributed by atoms with Crippen molar-refractivity contribution in [3.8, 4) is 0 Å². The molecule has 0 saturated heterocycles. The van der Waals surface area contributed by atoms with Crippen LogP contribution in [0.25, 0.3) is 10.8 Å². The molecule has 92 valence electrons. The van der Waals surface area contributed by atoms with E-state index in [1.165, 1.54) is 51.4 Å². The molecule has 0 radical (unpaired) electrons. The van der Waals surface area contributed by atoms with E-state index in [1.807, 2.05) is 0 Å². The van der Waals surface area contributed by atoms with E-state index in [0.717, 1.165) is 0 Å². The molecule has 0 bridgehead atoms. The van der Waals surface area contributed by atoms with Gasteiger partial charge in [0, 0.05) is 0 Å². The number of aryl methyl sites for hydroxylation is 4. The summed E-state index contributed by atoms with van der Waals surface area (Å²) in [7, 11) is 0. The molecule has 0 heterocycles. The summed E-state index contributed by atoms with van der Waals surface area (Å²) in [6.07, 6.45) is 10.6. The smallest absolute Gasteiger partial charge is 0.0114 e. The van der Waals surface area contributed by atoms with E-state index < -0.39 is 0 Å². The van der Waals surface area contributed by atoms with Gasteiger partial charge in [-0.3, -0.25) is 0 Å². The molecule has 0 unspecified atom stereocenters. The predicted molar refractivity (Wildman–Crippen MR) is 77.2 cm³/mol. The zero-order valence-corrected chi connectivity index (χ0v) is 11.0. The van der Waals surface area contributed by atoms with Gasteiger partial charge in [0.25, 0.3) is 0 Å². The highest BCUT2D eigenvalue weighted by Crippen LogP contribution is 2.36. The van der Waals surface area contributed by atoms with Gasteiger partial charge in [0.1, 0.15) is 0 Å². The molecule has 0 nitrogen and oxygen atoms in total. The molecule has 2 aliphatic rings. The van der Waals surface area contributed by atoms with Crippen molar-refractivity contribution in [1.29, 1.82) is 0 Å². The van der Waals surface area contributed by atoms with Gasteiger partial charge in [-0.25, -0.2) is 0 Å². The summed E-state index contributed by atoms with van der Waals surface area (Å²) in [5.74, 6) is 0. The first-order chi connectivity index (χ1) is 8.93. The minimum absolute atomic E-state index is 1.28. The van der Waals surface area contributed by atoms with E-state index in [4.69, 9.17) is 0 Å². The van der Waals surface area contributed by atoms with E-state index in [2.05, 4.69) is 24.3 Å². The molecule has 4 rings (SSSR count). The predicted octanol–water partition coefficient (Wildman–Crippen LogP) is 4.60. The van der Waals surface area contributed by atoms with Crippen molar-refractivity contribution in [3.05, 3.63) is 46.5 Å². The number of rotatable bonds is 0. The first-order valence-electron chi connectivity index (χ1n) is 7.49. The van der Waals surface area contributed by atoms with Crippen LogP contribution in [0.3, 0.4) is 0 Å². The van der Waals surface area contributed by atoms with Crippen LogP contribution in [0.15, 0.2) is 24.3 Å². The topological polar surface area (TPSA) is 0 Å². The normalized spacial score (nSPS) is 18.4. The van der Waals surface area contributed by atoms with Crippen LogP contribution in [0.2, 0.25) is 0 Å². The monoisotopic (exact) mass is 236 g/mol. The Morgan fingerprint density at radius 2 is 0.722 bits per heavy atom. The Hall–Kier alpha value is -1.30. The van der Waals surface area contributed by atoms with Gasteiger partial charge in [-0.05, 0) is 84.4 Å². The molecule has 0 aromatic heterocycles. The van der Waals surface area contributed by atoms with Crippen LogP contribution >= 0.6 is 0 Å². The van der Waals surface area contributed by atoms with E-state index in [1.54, 1.807) is 33.0 Å². The van der Waals surface area contributed by atoms with Crippen molar-refractivity contribution in [3.63, 3.8) is 0 Å². The van der Waals surface area contributed by atoms with Gasteiger partial charge in [0.15, 0.2) is 0 Å². The maximum absolute atomic E-state index is 2.42. The van der Waals surface area contributed by atoms with Gasteiger partial charge in [-0.2, -0.15) is 0 Å². The molecule has 2 aliphatic carbocycles. The summed E-state index contributed by atoms with van der Waals surface area (Å²) in [5.41, 5.74) is 6.46. The van der Waals surface area contributed by atoms with Crippen LogP contribution in [0, 0.1) is 0 Å². The van der Waals surface area contributed by atoms with Crippen LogP contribution in [-0.4, -0.2) is 0 Å². The second kappa shape index (κ2) is 4.12. The van der Waals surface area contributed by atoms with Gasteiger partial charge in [0.05, 0.1) is 0 Å². The lowest BCUT2D eigenvalue weighted by molar-refractivity contribution is 0.748. The van der Waals surface area contributed by atoms with Crippen molar-refractivity contribution < 1.29 is 0 Å². The molecule has 0 amide bonds. The first kappa shape index (κ1) is 10.6. The fourth-order valence-corrected chi connectivity index (χ4v) is 3.89. The molecule has 0 atom stereocenters. The number of benzene rings is 2. The second-order valence-electron chi connectivity index (χ2n) is 5.93. The Labute approximate surface area is 109 Å². The van der Waals surface area contributed by atoms with E-state index >= 15 is 0 Å². The Morgan fingerprint density at radius 3 is 1.00 bits per heavy atom. The third-order valence-electron chi connectivity index (χ3n) is 4.79. The van der Waals surface area contributed by atoms with E-state index in [-0.39, 0.29) is 0 Å². The summed E-state index contributed by atoms with van der Waals surface area (Å²) in [6.45, 7) is 0. The highest BCUT2D eigenvalue weighted by atomic mass is 14.2. The lowest BCUT2D eigenvalue weighted by Gasteiger charge is -2.14. The number of hydrogen-bond donors (Lipinski definition) is 0. The standard InChI is InChI=1S/C18H20/c1-2-6-14-11-12-16-8-4-3-7-15-10-9-13(5-1)17(14)18(15)16/h9-12H,1-8H2. The van der Waals surface area contributed by atoms with Crippen molar-refractivity contribution >= 4 is 10.8 Å². The van der Waals surface area contributed by atoms with Crippen LogP contribution in [0.1, 0.15) is 47.9 Å². The molecule has 0 saturated carbocycles. The fraction of sp³-hybridized carbons (Fsp3) is 0.444. The van der Waals surface area contributed by atoms with Gasteiger partial charge in [0.2, 0.25) is 0 Å². The average molecular weight is 236 g/mol. The molecule has 2 aromatic rings. The van der Waals surface area contributed by atoms with Gasteiger partial charge < -0.3 is 0 Å². The molecular weight excluding hydrogens is 216 g/mol. The third-order valence-corrected chi connectivity index (χ3v) is 4.79. The zero-order chi connectivity index (χ0) is 11.9. The minimum Gasteiger partial charge on any atom is -0.0581 e. The average Bonchev–Trinajstić information content (AvgIpc) is 2.72. The molecule has 18 heavy (non-hydrogen) atoms. The minimum atomic E-state index is 1.28. The van der Waals surface area contributed by atoms with Gasteiger partial charge in [-0.1, -0.05) is 24.3 Å². The molecule has 2 aromatic carbocycles. The second-order valence-corrected chi connectivity index (χ2v) is 5.93. The molecule has 0 N–H and O–H groups in total. The Balaban J connectivity index is 2.13. The lowest BCUT2D eigenvalue weighted by Crippen LogP contribution is -1.95. The third kappa shape index (κ3) is 1.51. The number of hydrogen-bond acceptors (Lipinski definition) is 0. The zero-order valence-electron chi connectivity index (χ0n) is 11.0. The summed E-state index contributed by atoms with van der Waals surface area (Å²) < 4.78 is 0. The summed E-state index contributed by atoms with van der Waals surface area (Å²) in [6, 6.07) is 9.67. The highest BCUT2D eigenvalue weighted by Gasteiger charge is 2.17. The van der Waals surface area contributed by atoms with Crippen LogP contribution in [0.5, 0.6) is 0 Å². The highest BCUT2D eigenvalue weighted by molar-refractivity contribution is 5.94. The Bertz CT molecular complexity index is 502. The van der Waals surface area contributed by atoms with Crippen molar-refractivity contribution in [2.24, 2.45) is 0 Å². The van der Waals surface area contributed by atoms with Crippen molar-refractivity contribution in [2.45, 2.75) is 51.4 Å². The maximum Gasteiger partial charge on any atom is -0.0114 e. The van der Waals surface area contributed by atoms with Gasteiger partial charge in [-0.15, -0.1) is 0 Å². The quantitative estimate of drug-likeness (QED) is 0.627. The molecule has 0 aliphatic heterocycles. The van der Waals surface area contributed by atoms with E-state index in [9.17, 15) is 0 Å². The van der Waals surface area contributed by atoms with Crippen molar-refractivity contribution in [2.75, 3.05) is 0 Å². The van der Waals surface area contributed by atoms with E-state index in [0.29, 0.717) is 0 Å².